The van der Waals surface area contributed by atoms with Crippen LogP contribution in [0.5, 0.6) is 0 Å². The lowest BCUT2D eigenvalue weighted by molar-refractivity contribution is -0.123. The molecule has 0 atom stereocenters. The molecule has 1 amide bonds. The predicted molar refractivity (Wildman–Crippen MR) is 182 cm³/mol. The van der Waals surface area contributed by atoms with Crippen molar-refractivity contribution in [3.05, 3.63) is 59.2 Å². The van der Waals surface area contributed by atoms with Gasteiger partial charge in [0.25, 0.3) is 5.91 Å². The number of nitrogens with zero attached hydrogens (tertiary/aromatic N) is 1. The molecule has 10 heteroatoms. The minimum absolute atomic E-state index is 0.0142. The van der Waals surface area contributed by atoms with E-state index in [0.717, 1.165) is 5.56 Å². The molecule has 0 bridgehead atoms. The minimum Gasteiger partial charge on any atom is -0.378 e. The molecule has 0 saturated carbocycles. The van der Waals surface area contributed by atoms with Crippen LogP contribution in [0.15, 0.2) is 53.1 Å². The van der Waals surface area contributed by atoms with Crippen molar-refractivity contribution < 1.29 is 38.2 Å². The average Bonchev–Trinajstić information content (AvgIpc) is 3.32. The molecular formula is C37H52N2O8. The van der Waals surface area contributed by atoms with Crippen LogP contribution in [-0.4, -0.2) is 86.5 Å². The lowest BCUT2D eigenvalue weighted by atomic mass is 9.99. The number of hydrogen-bond donors (Lipinski definition) is 1. The molecule has 10 nitrogen and oxygen atoms in total. The van der Waals surface area contributed by atoms with Gasteiger partial charge >= 0.3 is 0 Å². The molecule has 47 heavy (non-hydrogen) atoms. The lowest BCUT2D eigenvalue weighted by Crippen LogP contribution is -2.58. The predicted octanol–water partition coefficient (Wildman–Crippen LogP) is 5.07. The summed E-state index contributed by atoms with van der Waals surface area (Å²) in [6.07, 6.45) is 6.90. The molecule has 0 radical (unpaired) electrons. The highest BCUT2D eigenvalue weighted by molar-refractivity contribution is 6.11. The number of benzene rings is 1. The van der Waals surface area contributed by atoms with E-state index in [1.54, 1.807) is 44.2 Å². The van der Waals surface area contributed by atoms with Gasteiger partial charge in [0.15, 0.2) is 5.78 Å². The van der Waals surface area contributed by atoms with E-state index in [1.165, 1.54) is 0 Å². The van der Waals surface area contributed by atoms with Gasteiger partial charge in [-0.1, -0.05) is 59.8 Å². The smallest absolute Gasteiger partial charge is 0.251 e. The molecule has 0 aromatic heterocycles. The number of carbonyl (C=O) groups is 5. The minimum atomic E-state index is -1.17. The number of ether oxygens (including phenoxy) is 3. The van der Waals surface area contributed by atoms with Crippen molar-refractivity contribution >= 4 is 34.8 Å². The van der Waals surface area contributed by atoms with Gasteiger partial charge in [0, 0.05) is 55.1 Å². The monoisotopic (exact) mass is 652 g/mol. The van der Waals surface area contributed by atoms with Gasteiger partial charge in [0.1, 0.15) is 22.9 Å². The van der Waals surface area contributed by atoms with Crippen molar-refractivity contribution in [3.8, 4) is 0 Å². The van der Waals surface area contributed by atoms with E-state index in [9.17, 15) is 24.0 Å². The Morgan fingerprint density at radius 3 is 1.79 bits per heavy atom. The van der Waals surface area contributed by atoms with Crippen molar-refractivity contribution in [3.63, 3.8) is 0 Å². The van der Waals surface area contributed by atoms with Gasteiger partial charge in [-0.2, -0.15) is 0 Å². The highest BCUT2D eigenvalue weighted by atomic mass is 16.5. The Morgan fingerprint density at radius 1 is 0.766 bits per heavy atom. The number of allylic oxidation sites excluding steroid dienone is 3. The van der Waals surface area contributed by atoms with Crippen LogP contribution in [0.4, 0.5) is 0 Å². The Hall–Kier alpha value is -3.60. The maximum Gasteiger partial charge on any atom is 0.251 e. The molecule has 2 rings (SSSR count). The van der Waals surface area contributed by atoms with Crippen molar-refractivity contribution in [2.24, 2.45) is 16.8 Å². The third kappa shape index (κ3) is 14.0. The molecular weight excluding hydrogens is 600 g/mol. The van der Waals surface area contributed by atoms with Crippen molar-refractivity contribution in [1.29, 1.82) is 0 Å². The Balaban J connectivity index is 2.25. The van der Waals surface area contributed by atoms with Crippen molar-refractivity contribution in [1.82, 2.24) is 5.32 Å². The van der Waals surface area contributed by atoms with Gasteiger partial charge in [-0.15, -0.1) is 0 Å². The zero-order chi connectivity index (χ0) is 34.8. The van der Waals surface area contributed by atoms with E-state index in [1.807, 2.05) is 39.8 Å². The van der Waals surface area contributed by atoms with Gasteiger partial charge < -0.3 is 19.5 Å². The number of carbonyl (C=O) groups excluding carboxylic acids is 5. The Labute approximate surface area is 279 Å². The topological polar surface area (TPSA) is 137 Å². The van der Waals surface area contributed by atoms with E-state index in [0.29, 0.717) is 36.2 Å². The second kappa shape index (κ2) is 20.6. The molecule has 0 aliphatic carbocycles. The molecule has 0 unspecified atom stereocenters. The number of Topliss-reactive ketones (excluding diaryl/α,β-unsaturated/α-hetero) is 4. The summed E-state index contributed by atoms with van der Waals surface area (Å²) < 4.78 is 17.7. The number of rotatable bonds is 23. The number of amides is 1. The summed E-state index contributed by atoms with van der Waals surface area (Å²) in [4.78, 5) is 66.6. The Morgan fingerprint density at radius 2 is 1.30 bits per heavy atom. The summed E-state index contributed by atoms with van der Waals surface area (Å²) in [7, 11) is 0. The van der Waals surface area contributed by atoms with Gasteiger partial charge in [-0.05, 0) is 29.8 Å². The molecule has 0 spiro atoms. The molecule has 1 N–H and O–H groups in total. The van der Waals surface area contributed by atoms with E-state index in [4.69, 9.17) is 14.2 Å². The van der Waals surface area contributed by atoms with Crippen molar-refractivity contribution in [2.45, 2.75) is 79.2 Å². The summed E-state index contributed by atoms with van der Waals surface area (Å²) in [5.41, 5.74) is 1.33. The summed E-state index contributed by atoms with van der Waals surface area (Å²) in [6, 6.07) is 6.97. The number of nitrogens with one attached hydrogen (secondary N) is 1. The van der Waals surface area contributed by atoms with Gasteiger partial charge in [-0.25, -0.2) is 0 Å². The summed E-state index contributed by atoms with van der Waals surface area (Å²) >= 11 is 0. The van der Waals surface area contributed by atoms with Crippen LogP contribution in [0, 0.1) is 11.8 Å². The molecule has 0 fully saturated rings. The molecule has 258 valence electrons. The van der Waals surface area contributed by atoms with E-state index >= 15 is 0 Å². The molecule has 0 saturated heterocycles. The van der Waals surface area contributed by atoms with Crippen LogP contribution in [-0.2, 0) is 33.4 Å². The SMILES string of the molecule is CCC(=O)CCOCC(COCCC(=O)CC)(COCCC(=O)C(C)C)NC(=O)c1ccc(C2=NCC=C(C(=O)C(C)C)C=C2)cc1. The molecule has 1 aliphatic rings. The molecule has 1 heterocycles. The van der Waals surface area contributed by atoms with Crippen LogP contribution in [0.25, 0.3) is 0 Å². The number of hydrogen-bond acceptors (Lipinski definition) is 9. The van der Waals surface area contributed by atoms with E-state index in [2.05, 4.69) is 10.3 Å². The Kier molecular flexibility index (Phi) is 17.3. The van der Waals surface area contributed by atoms with Crippen LogP contribution in [0.3, 0.4) is 0 Å². The second-order valence-corrected chi connectivity index (χ2v) is 12.4. The molecule has 1 aromatic rings. The number of ketones is 4. The van der Waals surface area contributed by atoms with Gasteiger partial charge in [0.2, 0.25) is 0 Å². The van der Waals surface area contributed by atoms with Crippen LogP contribution >= 0.6 is 0 Å². The largest absolute Gasteiger partial charge is 0.378 e. The first-order chi connectivity index (χ1) is 22.4. The van der Waals surface area contributed by atoms with E-state index in [-0.39, 0.29) is 93.9 Å². The van der Waals surface area contributed by atoms with Gasteiger partial charge in [-0.3, -0.25) is 29.0 Å². The zero-order valence-electron chi connectivity index (χ0n) is 28.9. The lowest BCUT2D eigenvalue weighted by Gasteiger charge is -2.34. The standard InChI is InChI=1S/C37H52N2O8/c1-7-31(40)16-20-45-23-37(24-46-21-17-32(41)8-2,25-47-22-18-34(42)26(3)4)39-36(44)30-11-9-28(10-12-30)33-14-13-29(15-19-38-33)35(43)27(5)6/h9-15,26-27H,7-8,16-25H2,1-6H3,(H,39,44). The van der Waals surface area contributed by atoms with Crippen molar-refractivity contribution in [2.75, 3.05) is 46.2 Å². The summed E-state index contributed by atoms with van der Waals surface area (Å²) in [5.74, 6) is -0.387. The fourth-order valence-electron chi connectivity index (χ4n) is 4.56. The fourth-order valence-corrected chi connectivity index (χ4v) is 4.56. The maximum absolute atomic E-state index is 13.7. The third-order valence-corrected chi connectivity index (χ3v) is 7.74. The first kappa shape index (κ1) is 39.6. The fraction of sp³-hybridized carbons (Fsp3) is 0.568. The van der Waals surface area contributed by atoms with Crippen LogP contribution < -0.4 is 5.32 Å². The first-order valence-corrected chi connectivity index (χ1v) is 16.6. The second-order valence-electron chi connectivity index (χ2n) is 12.4. The molecule has 1 aliphatic heterocycles. The normalized spacial score (nSPS) is 13.3. The first-order valence-electron chi connectivity index (χ1n) is 16.6. The van der Waals surface area contributed by atoms with Crippen LogP contribution in [0.2, 0.25) is 0 Å². The highest BCUT2D eigenvalue weighted by Gasteiger charge is 2.34. The van der Waals surface area contributed by atoms with Gasteiger partial charge in [0.05, 0.1) is 51.9 Å². The maximum atomic E-state index is 13.7. The quantitative estimate of drug-likeness (QED) is 0.162. The zero-order valence-corrected chi connectivity index (χ0v) is 28.9. The van der Waals surface area contributed by atoms with E-state index < -0.39 is 11.4 Å². The average molecular weight is 653 g/mol. The Bertz CT molecular complexity index is 1280. The number of aliphatic imine (C=N–C) groups is 1. The third-order valence-electron chi connectivity index (χ3n) is 7.74. The highest BCUT2D eigenvalue weighted by Crippen LogP contribution is 2.16. The summed E-state index contributed by atoms with van der Waals surface area (Å²) in [6.45, 7) is 11.8. The van der Waals surface area contributed by atoms with Crippen LogP contribution in [0.1, 0.15) is 89.6 Å². The molecule has 1 aromatic carbocycles. The summed E-state index contributed by atoms with van der Waals surface area (Å²) in [5, 5.41) is 3.04.